The SMILES string of the molecule is CC(C)N1C2CCC1CC(c1cc(-c3ccc(F)cc3Cl)c3ccc(=O)n(-c4c(Cl)cccc4Cl)c3c1)C2. The fourth-order valence-electron chi connectivity index (χ4n) is 6.80. The van der Waals surface area contributed by atoms with Crippen LogP contribution in [0.4, 0.5) is 4.39 Å². The maximum absolute atomic E-state index is 14.0. The van der Waals surface area contributed by atoms with Crippen molar-refractivity contribution >= 4 is 45.7 Å². The summed E-state index contributed by atoms with van der Waals surface area (Å²) in [7, 11) is 0. The average Bonchev–Trinajstić information content (AvgIpc) is 3.14. The summed E-state index contributed by atoms with van der Waals surface area (Å²) >= 11 is 19.8. The van der Waals surface area contributed by atoms with Crippen LogP contribution >= 0.6 is 34.8 Å². The van der Waals surface area contributed by atoms with Gasteiger partial charge in [0, 0.05) is 35.1 Å². The highest BCUT2D eigenvalue weighted by atomic mass is 35.5. The Morgan fingerprint density at radius 2 is 1.53 bits per heavy atom. The Labute approximate surface area is 236 Å². The van der Waals surface area contributed by atoms with Crippen LogP contribution in [0.1, 0.15) is 51.0 Å². The summed E-state index contributed by atoms with van der Waals surface area (Å²) in [4.78, 5) is 16.1. The monoisotopic (exact) mass is 568 g/mol. The van der Waals surface area contributed by atoms with Crippen LogP contribution in [0.5, 0.6) is 0 Å². The molecule has 3 heterocycles. The fraction of sp³-hybridized carbons (Fsp3) is 0.323. The van der Waals surface area contributed by atoms with Gasteiger partial charge < -0.3 is 0 Å². The predicted octanol–water partition coefficient (Wildman–Crippen LogP) is 8.88. The Bertz CT molecular complexity index is 1580. The first kappa shape index (κ1) is 25.9. The van der Waals surface area contributed by atoms with E-state index in [0.29, 0.717) is 50.3 Å². The number of halogens is 4. The van der Waals surface area contributed by atoms with Crippen molar-refractivity contribution in [1.82, 2.24) is 9.47 Å². The molecule has 2 aliphatic rings. The first-order valence-corrected chi connectivity index (χ1v) is 14.2. The molecule has 6 rings (SSSR count). The topological polar surface area (TPSA) is 25.2 Å². The standard InChI is InChI=1S/C31H28Cl3FN2O/c1-17(2)36-21-7-8-22(36)13-18(12-21)19-14-25(23-9-6-20(35)16-28(23)34)24-10-11-30(38)37(29(24)15-19)31-26(32)4-3-5-27(31)33/h3-6,9-11,14-18,21-22H,7-8,12-13H2,1-2H3. The van der Waals surface area contributed by atoms with E-state index in [1.54, 1.807) is 28.8 Å². The van der Waals surface area contributed by atoms with Gasteiger partial charge in [0.25, 0.3) is 5.56 Å². The van der Waals surface area contributed by atoms with Crippen LogP contribution in [0.15, 0.2) is 65.5 Å². The van der Waals surface area contributed by atoms with Crippen LogP contribution in [0, 0.1) is 5.82 Å². The third kappa shape index (κ3) is 4.36. The van der Waals surface area contributed by atoms with E-state index in [-0.39, 0.29) is 5.56 Å². The van der Waals surface area contributed by atoms with Crippen molar-refractivity contribution in [3.05, 3.63) is 97.5 Å². The third-order valence-electron chi connectivity index (χ3n) is 8.27. The molecular weight excluding hydrogens is 542 g/mol. The lowest BCUT2D eigenvalue weighted by molar-refractivity contribution is 0.0925. The molecule has 3 nitrogen and oxygen atoms in total. The second-order valence-electron chi connectivity index (χ2n) is 10.8. The molecule has 0 spiro atoms. The van der Waals surface area contributed by atoms with Gasteiger partial charge in [0.05, 0.1) is 26.3 Å². The zero-order valence-electron chi connectivity index (χ0n) is 21.2. The van der Waals surface area contributed by atoms with Crippen LogP contribution in [0.2, 0.25) is 15.1 Å². The predicted molar refractivity (Wildman–Crippen MR) is 156 cm³/mol. The van der Waals surface area contributed by atoms with Crippen molar-refractivity contribution in [2.45, 2.75) is 63.6 Å². The maximum atomic E-state index is 14.0. The molecule has 0 saturated carbocycles. The maximum Gasteiger partial charge on any atom is 0.255 e. The number of hydrogen-bond acceptors (Lipinski definition) is 2. The zero-order chi connectivity index (χ0) is 26.7. The molecule has 0 N–H and O–H groups in total. The van der Waals surface area contributed by atoms with Gasteiger partial charge in [-0.2, -0.15) is 0 Å². The summed E-state index contributed by atoms with van der Waals surface area (Å²) in [5, 5.41) is 1.93. The number of aromatic nitrogens is 1. The summed E-state index contributed by atoms with van der Waals surface area (Å²) in [6.07, 6.45) is 4.54. The molecule has 2 aliphatic heterocycles. The molecule has 38 heavy (non-hydrogen) atoms. The van der Waals surface area contributed by atoms with Crippen molar-refractivity contribution < 1.29 is 4.39 Å². The van der Waals surface area contributed by atoms with Crippen molar-refractivity contribution in [1.29, 1.82) is 0 Å². The summed E-state index contributed by atoms with van der Waals surface area (Å²) < 4.78 is 15.6. The lowest BCUT2D eigenvalue weighted by Gasteiger charge is -2.42. The summed E-state index contributed by atoms with van der Waals surface area (Å²) in [6, 6.07) is 18.9. The number of benzene rings is 3. The van der Waals surface area contributed by atoms with Crippen LogP contribution in [0.3, 0.4) is 0 Å². The molecule has 196 valence electrons. The fourth-order valence-corrected chi connectivity index (χ4v) is 7.63. The van der Waals surface area contributed by atoms with E-state index in [4.69, 9.17) is 34.8 Å². The minimum absolute atomic E-state index is 0.226. The molecule has 2 saturated heterocycles. The van der Waals surface area contributed by atoms with Gasteiger partial charge in [-0.3, -0.25) is 14.3 Å². The molecule has 2 fully saturated rings. The van der Waals surface area contributed by atoms with Crippen molar-refractivity contribution in [2.75, 3.05) is 0 Å². The quantitative estimate of drug-likeness (QED) is 0.245. The number of fused-ring (bicyclic) bond motifs is 3. The lowest BCUT2D eigenvalue weighted by atomic mass is 9.82. The van der Waals surface area contributed by atoms with E-state index in [0.717, 1.165) is 34.9 Å². The van der Waals surface area contributed by atoms with Gasteiger partial charge in [-0.05, 0) is 99.0 Å². The Kier molecular flexibility index (Phi) is 6.80. The Balaban J connectivity index is 1.61. The summed E-state index contributed by atoms with van der Waals surface area (Å²) in [6.45, 7) is 4.56. The molecule has 0 amide bonds. The largest absolute Gasteiger partial charge is 0.295 e. The lowest BCUT2D eigenvalue weighted by Crippen LogP contribution is -2.46. The zero-order valence-corrected chi connectivity index (χ0v) is 23.5. The summed E-state index contributed by atoms with van der Waals surface area (Å²) in [5.74, 6) is -0.0630. The molecule has 0 radical (unpaired) electrons. The van der Waals surface area contributed by atoms with Gasteiger partial charge in [-0.15, -0.1) is 0 Å². The van der Waals surface area contributed by atoms with Crippen molar-refractivity contribution in [3.63, 3.8) is 0 Å². The summed E-state index contributed by atoms with van der Waals surface area (Å²) in [5.41, 5.74) is 3.66. The van der Waals surface area contributed by atoms with Crippen LogP contribution in [-0.2, 0) is 0 Å². The molecule has 7 heteroatoms. The highest BCUT2D eigenvalue weighted by molar-refractivity contribution is 6.38. The average molecular weight is 570 g/mol. The van der Waals surface area contributed by atoms with Crippen molar-refractivity contribution in [2.24, 2.45) is 0 Å². The second kappa shape index (κ2) is 9.98. The van der Waals surface area contributed by atoms with Gasteiger partial charge in [0.1, 0.15) is 5.82 Å². The smallest absolute Gasteiger partial charge is 0.255 e. The molecule has 0 aliphatic carbocycles. The van der Waals surface area contributed by atoms with E-state index < -0.39 is 5.82 Å². The normalized spacial score (nSPS) is 21.5. The van der Waals surface area contributed by atoms with E-state index >= 15 is 0 Å². The molecule has 1 aromatic heterocycles. The van der Waals surface area contributed by atoms with Crippen LogP contribution in [-0.4, -0.2) is 27.6 Å². The molecule has 2 atom stereocenters. The number of para-hydroxylation sites is 1. The van der Waals surface area contributed by atoms with Crippen LogP contribution in [0.25, 0.3) is 27.7 Å². The molecular formula is C31H28Cl3FN2O. The van der Waals surface area contributed by atoms with Gasteiger partial charge in [0.2, 0.25) is 0 Å². The van der Waals surface area contributed by atoms with E-state index in [1.165, 1.54) is 31.0 Å². The van der Waals surface area contributed by atoms with E-state index in [2.05, 4.69) is 30.9 Å². The van der Waals surface area contributed by atoms with Gasteiger partial charge in [-0.1, -0.05) is 46.9 Å². The Morgan fingerprint density at radius 1 is 0.842 bits per heavy atom. The van der Waals surface area contributed by atoms with Gasteiger partial charge in [-0.25, -0.2) is 4.39 Å². The number of rotatable bonds is 4. The molecule has 2 unspecified atom stereocenters. The van der Waals surface area contributed by atoms with Crippen molar-refractivity contribution in [3.8, 4) is 16.8 Å². The first-order valence-electron chi connectivity index (χ1n) is 13.1. The number of hydrogen-bond donors (Lipinski definition) is 0. The third-order valence-corrected chi connectivity index (χ3v) is 9.20. The van der Waals surface area contributed by atoms with Crippen LogP contribution < -0.4 is 5.56 Å². The molecule has 3 aromatic carbocycles. The molecule has 2 bridgehead atoms. The minimum atomic E-state index is -0.392. The molecule has 4 aromatic rings. The number of piperidine rings is 1. The first-order chi connectivity index (χ1) is 18.2. The Hall–Kier alpha value is -2.37. The Morgan fingerprint density at radius 3 is 2.16 bits per heavy atom. The highest BCUT2D eigenvalue weighted by Crippen LogP contribution is 2.46. The number of pyridine rings is 1. The number of nitrogens with zero attached hydrogens (tertiary/aromatic N) is 2. The second-order valence-corrected chi connectivity index (χ2v) is 12.0. The highest BCUT2D eigenvalue weighted by Gasteiger charge is 2.42. The minimum Gasteiger partial charge on any atom is -0.295 e. The van der Waals surface area contributed by atoms with Gasteiger partial charge >= 0.3 is 0 Å². The van der Waals surface area contributed by atoms with E-state index in [1.807, 2.05) is 6.07 Å². The van der Waals surface area contributed by atoms with Gasteiger partial charge in [0.15, 0.2) is 0 Å². The van der Waals surface area contributed by atoms with E-state index in [9.17, 15) is 9.18 Å².